The van der Waals surface area contributed by atoms with Crippen molar-refractivity contribution in [2.45, 2.75) is 6.92 Å². The van der Waals surface area contributed by atoms with Crippen LogP contribution in [-0.2, 0) is 0 Å². The Balaban J connectivity index is 1.47. The summed E-state index contributed by atoms with van der Waals surface area (Å²) in [6.07, 6.45) is 6.83. The van der Waals surface area contributed by atoms with Gasteiger partial charge < -0.3 is 29.5 Å². The number of hydrogen-bond acceptors (Lipinski definition) is 12. The molecule has 2 aromatic heterocycles. The maximum Gasteiger partial charge on any atom is 0.229 e. The molecule has 1 fully saturated rings. The second-order valence-electron chi connectivity index (χ2n) is 9.51. The number of aryl methyl sites for hydroxylation is 1. The first-order valence-corrected chi connectivity index (χ1v) is 14.0. The molecule has 1 aliphatic rings. The molecule has 0 unspecified atom stereocenters. The summed E-state index contributed by atoms with van der Waals surface area (Å²) < 4.78 is 7.75. The summed E-state index contributed by atoms with van der Waals surface area (Å²) in [5.74, 6) is 1.41. The van der Waals surface area contributed by atoms with Gasteiger partial charge in [-0.3, -0.25) is 9.97 Å². The fraction of sp³-hybridized carbons (Fsp3) is 0.321. The van der Waals surface area contributed by atoms with E-state index in [9.17, 15) is 5.26 Å². The number of nitrogens with one attached hydrogen (secondary N) is 2. The van der Waals surface area contributed by atoms with Gasteiger partial charge in [0.05, 0.1) is 35.9 Å². The summed E-state index contributed by atoms with van der Waals surface area (Å²) in [6, 6.07) is 10.1. The van der Waals surface area contributed by atoms with E-state index in [1.807, 2.05) is 29.7 Å². The first-order chi connectivity index (χ1) is 19.4. The van der Waals surface area contributed by atoms with Crippen molar-refractivity contribution < 1.29 is 4.74 Å². The highest BCUT2D eigenvalue weighted by atomic mass is 32.2. The van der Waals surface area contributed by atoms with E-state index in [0.29, 0.717) is 23.1 Å². The second kappa shape index (κ2) is 11.8. The number of piperazine rings is 1. The van der Waals surface area contributed by atoms with E-state index < -0.39 is 0 Å². The highest BCUT2D eigenvalue weighted by molar-refractivity contribution is 7.99. The minimum Gasteiger partial charge on any atom is -0.494 e. The third-order valence-corrected chi connectivity index (χ3v) is 7.70. The third-order valence-electron chi connectivity index (χ3n) is 6.97. The van der Waals surface area contributed by atoms with Crippen LogP contribution in [0.3, 0.4) is 0 Å². The molecule has 12 heteroatoms. The largest absolute Gasteiger partial charge is 0.494 e. The standard InChI is InChI=1S/C28H32N10OS/c1-18-14-22(24(39-4)15-23(18)38-12-10-36(2)11-13-38)34-28-32-17-19(16-29)27(35-28)33-21-7-6-20-25(31-9-8-30-20)26(21)37(3)40-5/h6-9,14-15,17H,10-13H2,1-5H3,(H2,32,33,34,35). The van der Waals surface area contributed by atoms with Gasteiger partial charge in [0, 0.05) is 63.6 Å². The number of hydrogen-bond donors (Lipinski definition) is 2. The number of benzene rings is 2. The van der Waals surface area contributed by atoms with Crippen molar-refractivity contribution in [3.05, 3.63) is 54.0 Å². The lowest BCUT2D eigenvalue weighted by atomic mass is 10.1. The zero-order valence-electron chi connectivity index (χ0n) is 23.3. The smallest absolute Gasteiger partial charge is 0.229 e. The molecule has 0 saturated carbocycles. The minimum absolute atomic E-state index is 0.316. The van der Waals surface area contributed by atoms with E-state index >= 15 is 0 Å². The predicted octanol–water partition coefficient (Wildman–Crippen LogP) is 4.56. The van der Waals surface area contributed by atoms with Crippen LogP contribution in [0, 0.1) is 18.3 Å². The Kier molecular flexibility index (Phi) is 8.04. The van der Waals surface area contributed by atoms with Crippen LogP contribution in [0.25, 0.3) is 11.0 Å². The van der Waals surface area contributed by atoms with Crippen LogP contribution in [0.5, 0.6) is 5.75 Å². The van der Waals surface area contributed by atoms with Gasteiger partial charge in [-0.05, 0) is 37.7 Å². The lowest BCUT2D eigenvalue weighted by Crippen LogP contribution is -2.44. The number of rotatable bonds is 8. The Labute approximate surface area is 238 Å². The van der Waals surface area contributed by atoms with Crippen LogP contribution < -0.4 is 24.6 Å². The van der Waals surface area contributed by atoms with Crippen LogP contribution in [0.15, 0.2) is 42.9 Å². The first-order valence-electron chi connectivity index (χ1n) is 12.9. The fourth-order valence-corrected chi connectivity index (χ4v) is 5.10. The number of nitriles is 1. The van der Waals surface area contributed by atoms with Gasteiger partial charge in [0.1, 0.15) is 22.9 Å². The average molecular weight is 557 g/mol. The number of fused-ring (bicyclic) bond motifs is 1. The van der Waals surface area contributed by atoms with Gasteiger partial charge in [-0.15, -0.1) is 0 Å². The number of nitrogens with zero attached hydrogens (tertiary/aromatic N) is 8. The Morgan fingerprint density at radius 3 is 2.55 bits per heavy atom. The van der Waals surface area contributed by atoms with E-state index in [1.54, 1.807) is 31.5 Å². The predicted molar refractivity (Wildman–Crippen MR) is 162 cm³/mol. The van der Waals surface area contributed by atoms with Gasteiger partial charge >= 0.3 is 0 Å². The Hall–Kier alpha value is -4.34. The second-order valence-corrected chi connectivity index (χ2v) is 10.4. The van der Waals surface area contributed by atoms with Crippen molar-refractivity contribution in [3.8, 4) is 11.8 Å². The van der Waals surface area contributed by atoms with E-state index in [0.717, 1.165) is 65.5 Å². The molecule has 40 heavy (non-hydrogen) atoms. The van der Waals surface area contributed by atoms with Crippen LogP contribution >= 0.6 is 11.9 Å². The molecule has 0 aliphatic carbocycles. The van der Waals surface area contributed by atoms with Crippen LogP contribution in [0.4, 0.5) is 34.5 Å². The molecular weight excluding hydrogens is 524 g/mol. The highest BCUT2D eigenvalue weighted by Gasteiger charge is 2.20. The molecule has 0 radical (unpaired) electrons. The van der Waals surface area contributed by atoms with Gasteiger partial charge in [0.2, 0.25) is 5.95 Å². The topological polar surface area (TPSA) is 118 Å². The summed E-state index contributed by atoms with van der Waals surface area (Å²) in [6.45, 7) is 6.07. The van der Waals surface area contributed by atoms with Crippen molar-refractivity contribution in [2.24, 2.45) is 0 Å². The van der Waals surface area contributed by atoms with Gasteiger partial charge in [-0.1, -0.05) is 11.9 Å². The van der Waals surface area contributed by atoms with E-state index in [1.165, 1.54) is 6.20 Å². The first kappa shape index (κ1) is 27.2. The van der Waals surface area contributed by atoms with Crippen molar-refractivity contribution in [1.82, 2.24) is 24.8 Å². The fourth-order valence-electron chi connectivity index (χ4n) is 4.73. The average Bonchev–Trinajstić information content (AvgIpc) is 2.97. The van der Waals surface area contributed by atoms with Crippen molar-refractivity contribution in [3.63, 3.8) is 0 Å². The molecule has 0 spiro atoms. The van der Waals surface area contributed by atoms with Gasteiger partial charge in [0.25, 0.3) is 0 Å². The van der Waals surface area contributed by atoms with E-state index in [-0.39, 0.29) is 0 Å². The van der Waals surface area contributed by atoms with Crippen molar-refractivity contribution in [2.75, 3.05) is 73.5 Å². The van der Waals surface area contributed by atoms with Crippen LogP contribution in [0.2, 0.25) is 0 Å². The molecule has 11 nitrogen and oxygen atoms in total. The maximum absolute atomic E-state index is 9.81. The molecule has 0 amide bonds. The molecule has 5 rings (SSSR count). The molecule has 206 valence electrons. The summed E-state index contributed by atoms with van der Waals surface area (Å²) >= 11 is 1.54. The molecule has 0 atom stereocenters. The van der Waals surface area contributed by atoms with Crippen molar-refractivity contribution >= 4 is 57.5 Å². The zero-order valence-corrected chi connectivity index (χ0v) is 24.1. The Bertz CT molecular complexity index is 1570. The number of ether oxygens (including phenoxy) is 1. The summed E-state index contributed by atoms with van der Waals surface area (Å²) in [4.78, 5) is 22.8. The number of aromatic nitrogens is 4. The number of likely N-dealkylation sites (N-methyl/N-ethyl adjacent to an activating group) is 1. The molecule has 2 N–H and O–H groups in total. The maximum atomic E-state index is 9.81. The zero-order chi connectivity index (χ0) is 28.2. The van der Waals surface area contributed by atoms with Gasteiger partial charge in [-0.25, -0.2) is 4.98 Å². The lowest BCUT2D eigenvalue weighted by Gasteiger charge is -2.35. The lowest BCUT2D eigenvalue weighted by molar-refractivity contribution is 0.312. The Morgan fingerprint density at radius 2 is 1.82 bits per heavy atom. The molecule has 1 saturated heterocycles. The van der Waals surface area contributed by atoms with Crippen LogP contribution in [0.1, 0.15) is 11.1 Å². The molecule has 1 aliphatic heterocycles. The van der Waals surface area contributed by atoms with Crippen LogP contribution in [-0.4, -0.2) is 78.5 Å². The summed E-state index contributed by atoms with van der Waals surface area (Å²) in [5, 5.41) is 16.4. The summed E-state index contributed by atoms with van der Waals surface area (Å²) in [7, 11) is 5.76. The minimum atomic E-state index is 0.316. The third kappa shape index (κ3) is 5.52. The molecular formula is C28H32N10OS. The monoisotopic (exact) mass is 556 g/mol. The molecule has 4 aromatic rings. The summed E-state index contributed by atoms with van der Waals surface area (Å²) in [5.41, 5.74) is 6.45. The SMILES string of the molecule is COc1cc(N2CCN(C)CC2)c(C)cc1Nc1ncc(C#N)c(Nc2ccc3nccnc3c2N(C)SC)n1. The number of methoxy groups -OCH3 is 1. The molecule has 2 aromatic carbocycles. The molecule has 0 bridgehead atoms. The van der Waals surface area contributed by atoms with Gasteiger partial charge in [-0.2, -0.15) is 10.2 Å². The number of anilines is 6. The van der Waals surface area contributed by atoms with Crippen molar-refractivity contribution in [1.29, 1.82) is 5.26 Å². The van der Waals surface area contributed by atoms with Gasteiger partial charge in [0.15, 0.2) is 5.82 Å². The normalized spacial score (nSPS) is 13.7. The van der Waals surface area contributed by atoms with E-state index in [4.69, 9.17) is 4.74 Å². The Morgan fingerprint density at radius 1 is 1.05 bits per heavy atom. The quantitative estimate of drug-likeness (QED) is 0.296. The highest BCUT2D eigenvalue weighted by Crippen LogP contribution is 2.38. The molecule has 3 heterocycles. The van der Waals surface area contributed by atoms with E-state index in [2.05, 4.69) is 72.5 Å².